The van der Waals surface area contributed by atoms with Crippen molar-refractivity contribution in [3.63, 3.8) is 0 Å². The summed E-state index contributed by atoms with van der Waals surface area (Å²) < 4.78 is 0. The summed E-state index contributed by atoms with van der Waals surface area (Å²) in [7, 11) is 0. The fourth-order valence-corrected chi connectivity index (χ4v) is 1.98. The second-order valence-electron chi connectivity index (χ2n) is 3.68. The van der Waals surface area contributed by atoms with E-state index in [9.17, 15) is 4.79 Å². The molecule has 5 nitrogen and oxygen atoms in total. The molecule has 0 saturated carbocycles. The van der Waals surface area contributed by atoms with Crippen LogP contribution in [0.4, 0.5) is 10.3 Å². The molecule has 1 aromatic heterocycles. The summed E-state index contributed by atoms with van der Waals surface area (Å²) in [6.45, 7) is 4.14. The van der Waals surface area contributed by atoms with Gasteiger partial charge in [0.15, 0.2) is 0 Å². The largest absolute Gasteiger partial charge is 0.374 e. The van der Waals surface area contributed by atoms with Crippen molar-refractivity contribution in [2.75, 3.05) is 11.1 Å². The zero-order chi connectivity index (χ0) is 12.0. The van der Waals surface area contributed by atoms with Crippen LogP contribution < -0.4 is 11.1 Å². The van der Waals surface area contributed by atoms with E-state index in [0.717, 1.165) is 25.7 Å². The highest BCUT2D eigenvalue weighted by Crippen LogP contribution is 2.19. The van der Waals surface area contributed by atoms with Crippen LogP contribution in [0.25, 0.3) is 0 Å². The Morgan fingerprint density at radius 3 is 2.75 bits per heavy atom. The Bertz CT molecular complexity index is 339. The van der Waals surface area contributed by atoms with Crippen LogP contribution in [0.2, 0.25) is 0 Å². The van der Waals surface area contributed by atoms with Crippen LogP contribution in [0.1, 0.15) is 39.5 Å². The Morgan fingerprint density at radius 2 is 2.25 bits per heavy atom. The van der Waals surface area contributed by atoms with Crippen molar-refractivity contribution in [3.05, 3.63) is 0 Å². The monoisotopic (exact) mass is 242 g/mol. The number of nitrogen functional groups attached to an aromatic ring is 1. The van der Waals surface area contributed by atoms with E-state index in [1.54, 1.807) is 0 Å². The van der Waals surface area contributed by atoms with Crippen molar-refractivity contribution < 1.29 is 4.79 Å². The molecule has 0 fully saturated rings. The number of nitrogens with one attached hydrogen (secondary N) is 1. The number of hydrogen-bond acceptors (Lipinski definition) is 5. The van der Waals surface area contributed by atoms with Gasteiger partial charge < -0.3 is 11.1 Å². The summed E-state index contributed by atoms with van der Waals surface area (Å²) in [5.74, 6) is 0.0807. The molecule has 1 amide bonds. The molecule has 90 valence electrons. The number of nitrogens with zero attached hydrogens (tertiary/aromatic N) is 2. The maximum absolute atomic E-state index is 11.8. The number of carbonyl (C=O) groups excluding carboxylic acids is 1. The van der Waals surface area contributed by atoms with E-state index in [-0.39, 0.29) is 11.8 Å². The number of unbranched alkanes of at least 4 members (excludes halogenated alkanes) is 1. The van der Waals surface area contributed by atoms with Crippen LogP contribution in [0, 0.1) is 5.92 Å². The van der Waals surface area contributed by atoms with Gasteiger partial charge in [-0.15, -0.1) is 10.2 Å². The van der Waals surface area contributed by atoms with E-state index in [1.807, 2.05) is 6.92 Å². The first kappa shape index (κ1) is 12.9. The second-order valence-corrected chi connectivity index (χ2v) is 4.69. The molecule has 6 heteroatoms. The second kappa shape index (κ2) is 6.42. The van der Waals surface area contributed by atoms with E-state index < -0.39 is 0 Å². The number of aromatic nitrogens is 2. The first-order valence-electron chi connectivity index (χ1n) is 5.57. The molecule has 1 unspecified atom stereocenters. The Balaban J connectivity index is 2.49. The van der Waals surface area contributed by atoms with Crippen LogP contribution >= 0.6 is 11.3 Å². The predicted molar refractivity (Wildman–Crippen MR) is 66.3 cm³/mol. The molecule has 0 bridgehead atoms. The highest BCUT2D eigenvalue weighted by Gasteiger charge is 2.17. The van der Waals surface area contributed by atoms with E-state index in [1.165, 1.54) is 11.3 Å². The first-order valence-corrected chi connectivity index (χ1v) is 6.38. The van der Waals surface area contributed by atoms with Gasteiger partial charge in [-0.1, -0.05) is 38.0 Å². The smallest absolute Gasteiger partial charge is 0.229 e. The van der Waals surface area contributed by atoms with Crippen molar-refractivity contribution in [2.45, 2.75) is 39.5 Å². The summed E-state index contributed by atoms with van der Waals surface area (Å²) in [5, 5.41) is 11.0. The number of carbonyl (C=O) groups is 1. The SMILES string of the molecule is CCCCC(CC)C(=O)Nc1nnc(N)s1. The van der Waals surface area contributed by atoms with Crippen molar-refractivity contribution in [1.82, 2.24) is 10.2 Å². The lowest BCUT2D eigenvalue weighted by atomic mass is 9.99. The summed E-state index contributed by atoms with van der Waals surface area (Å²) in [6, 6.07) is 0. The fraction of sp³-hybridized carbons (Fsp3) is 0.700. The van der Waals surface area contributed by atoms with Crippen LogP contribution in [0.15, 0.2) is 0 Å². The zero-order valence-electron chi connectivity index (χ0n) is 9.69. The van der Waals surface area contributed by atoms with E-state index in [2.05, 4.69) is 22.4 Å². The zero-order valence-corrected chi connectivity index (χ0v) is 10.5. The highest BCUT2D eigenvalue weighted by molar-refractivity contribution is 7.18. The van der Waals surface area contributed by atoms with Gasteiger partial charge in [0.2, 0.25) is 16.2 Å². The molecule has 0 radical (unpaired) electrons. The third-order valence-corrected chi connectivity index (χ3v) is 3.11. The highest BCUT2D eigenvalue weighted by atomic mass is 32.1. The quantitative estimate of drug-likeness (QED) is 0.801. The molecular formula is C10H18N4OS. The summed E-state index contributed by atoms with van der Waals surface area (Å²) in [4.78, 5) is 11.8. The Kier molecular flexibility index (Phi) is 5.18. The molecule has 3 N–H and O–H groups in total. The van der Waals surface area contributed by atoms with Crippen molar-refractivity contribution in [1.29, 1.82) is 0 Å². The summed E-state index contributed by atoms with van der Waals surface area (Å²) in [6.07, 6.45) is 3.95. The molecule has 1 rings (SSSR count). The molecule has 0 spiro atoms. The standard InChI is InChI=1S/C10H18N4OS/c1-3-5-6-7(4-2)8(15)12-10-14-13-9(11)16-10/h7H,3-6H2,1-2H3,(H2,11,13)(H,12,14,15). The minimum atomic E-state index is 0.0205. The molecule has 0 aliphatic carbocycles. The predicted octanol–water partition coefficient (Wildman–Crippen LogP) is 2.28. The van der Waals surface area contributed by atoms with Gasteiger partial charge in [-0.05, 0) is 12.8 Å². The van der Waals surface area contributed by atoms with Gasteiger partial charge in [0.1, 0.15) is 0 Å². The van der Waals surface area contributed by atoms with E-state index in [4.69, 9.17) is 5.73 Å². The topological polar surface area (TPSA) is 80.9 Å². The molecule has 0 saturated heterocycles. The summed E-state index contributed by atoms with van der Waals surface area (Å²) >= 11 is 1.19. The Labute approximate surface area is 99.5 Å². The average molecular weight is 242 g/mol. The molecule has 0 aromatic carbocycles. The lowest BCUT2D eigenvalue weighted by molar-refractivity contribution is -0.120. The maximum Gasteiger partial charge on any atom is 0.229 e. The molecule has 1 atom stereocenters. The van der Waals surface area contributed by atoms with Gasteiger partial charge in [0.25, 0.3) is 0 Å². The molecular weight excluding hydrogens is 224 g/mol. The van der Waals surface area contributed by atoms with Crippen LogP contribution in [0.3, 0.4) is 0 Å². The van der Waals surface area contributed by atoms with Gasteiger partial charge in [-0.2, -0.15) is 0 Å². The number of hydrogen-bond donors (Lipinski definition) is 2. The lowest BCUT2D eigenvalue weighted by Gasteiger charge is -2.12. The van der Waals surface area contributed by atoms with Crippen LogP contribution in [-0.4, -0.2) is 16.1 Å². The number of rotatable bonds is 6. The fourth-order valence-electron chi connectivity index (χ4n) is 1.46. The van der Waals surface area contributed by atoms with Crippen molar-refractivity contribution >= 4 is 27.5 Å². The molecule has 1 aromatic rings. The van der Waals surface area contributed by atoms with Crippen molar-refractivity contribution in [2.24, 2.45) is 5.92 Å². The number of amides is 1. The molecule has 1 heterocycles. The third kappa shape index (κ3) is 3.77. The van der Waals surface area contributed by atoms with Gasteiger partial charge in [0.05, 0.1) is 0 Å². The number of nitrogens with two attached hydrogens (primary N) is 1. The third-order valence-electron chi connectivity index (χ3n) is 2.44. The van der Waals surface area contributed by atoms with Gasteiger partial charge in [-0.3, -0.25) is 4.79 Å². The van der Waals surface area contributed by atoms with Crippen LogP contribution in [-0.2, 0) is 4.79 Å². The minimum absolute atomic E-state index is 0.0205. The molecule has 0 aliphatic heterocycles. The first-order chi connectivity index (χ1) is 7.67. The van der Waals surface area contributed by atoms with Crippen LogP contribution in [0.5, 0.6) is 0 Å². The molecule has 0 aliphatic rings. The average Bonchev–Trinajstić information content (AvgIpc) is 2.65. The van der Waals surface area contributed by atoms with Gasteiger partial charge in [0, 0.05) is 5.92 Å². The van der Waals surface area contributed by atoms with Gasteiger partial charge >= 0.3 is 0 Å². The molecule has 16 heavy (non-hydrogen) atoms. The van der Waals surface area contributed by atoms with E-state index in [0.29, 0.717) is 10.3 Å². The minimum Gasteiger partial charge on any atom is -0.374 e. The lowest BCUT2D eigenvalue weighted by Crippen LogP contribution is -2.22. The summed E-state index contributed by atoms with van der Waals surface area (Å²) in [5.41, 5.74) is 5.44. The normalized spacial score (nSPS) is 12.4. The van der Waals surface area contributed by atoms with Gasteiger partial charge in [-0.25, -0.2) is 0 Å². The number of anilines is 2. The van der Waals surface area contributed by atoms with Crippen molar-refractivity contribution in [3.8, 4) is 0 Å². The Morgan fingerprint density at radius 1 is 1.50 bits per heavy atom. The maximum atomic E-state index is 11.8. The Hall–Kier alpha value is -1.17. The van der Waals surface area contributed by atoms with E-state index >= 15 is 0 Å².